The molecular weight excluding hydrogens is 269 g/mol. The lowest BCUT2D eigenvalue weighted by atomic mass is 9.82. The topological polar surface area (TPSA) is 23.5 Å². The molecule has 0 heterocycles. The van der Waals surface area contributed by atoms with Gasteiger partial charge < -0.3 is 10.0 Å². The first kappa shape index (κ1) is 14.0. The summed E-state index contributed by atoms with van der Waals surface area (Å²) in [5.74, 6) is -9.75. The molecule has 1 fully saturated rings. The molecule has 0 saturated heterocycles. The highest BCUT2D eigenvalue weighted by molar-refractivity contribution is 5.50. The van der Waals surface area contributed by atoms with Crippen LogP contribution in [0.15, 0.2) is 0 Å². The fourth-order valence-electron chi connectivity index (χ4n) is 2.26. The molecule has 1 aliphatic carbocycles. The van der Waals surface area contributed by atoms with Crippen LogP contribution >= 0.6 is 0 Å². The lowest BCUT2D eigenvalue weighted by Gasteiger charge is -2.35. The van der Waals surface area contributed by atoms with E-state index in [4.69, 9.17) is 5.11 Å². The molecule has 106 valence electrons. The molecule has 0 bridgehead atoms. The molecule has 2 nitrogen and oxygen atoms in total. The van der Waals surface area contributed by atoms with E-state index in [1.165, 1.54) is 7.05 Å². The van der Waals surface area contributed by atoms with Crippen LogP contribution in [0.5, 0.6) is 0 Å². The van der Waals surface area contributed by atoms with E-state index in [1.807, 2.05) is 0 Å². The van der Waals surface area contributed by atoms with Crippen molar-refractivity contribution < 1.29 is 27.1 Å². The first-order valence-corrected chi connectivity index (χ1v) is 5.73. The molecule has 0 radical (unpaired) electrons. The van der Waals surface area contributed by atoms with Crippen molar-refractivity contribution in [3.8, 4) is 0 Å². The maximum absolute atomic E-state index is 13.5. The number of aliphatic hydroxyl groups is 1. The number of hydrogen-bond acceptors (Lipinski definition) is 2. The maximum atomic E-state index is 13.5. The minimum atomic E-state index is -2.16. The summed E-state index contributed by atoms with van der Waals surface area (Å²) in [4.78, 5) is 0.993. The molecule has 0 spiro atoms. The zero-order valence-corrected chi connectivity index (χ0v) is 10.1. The summed E-state index contributed by atoms with van der Waals surface area (Å²) in [6.45, 7) is 0.120. The molecule has 19 heavy (non-hydrogen) atoms. The average Bonchev–Trinajstić information content (AvgIpc) is 2.32. The van der Waals surface area contributed by atoms with Gasteiger partial charge in [0.15, 0.2) is 23.3 Å². The van der Waals surface area contributed by atoms with Crippen molar-refractivity contribution in [1.82, 2.24) is 0 Å². The first-order chi connectivity index (χ1) is 8.82. The van der Waals surface area contributed by atoms with Gasteiger partial charge in [-0.2, -0.15) is 0 Å². The molecule has 1 saturated carbocycles. The van der Waals surface area contributed by atoms with E-state index >= 15 is 0 Å². The third-order valence-electron chi connectivity index (χ3n) is 3.31. The Bertz CT molecular complexity index is 472. The molecule has 7 heteroatoms. The molecule has 0 unspecified atom stereocenters. The highest BCUT2D eigenvalue weighted by Gasteiger charge is 2.32. The van der Waals surface area contributed by atoms with Crippen molar-refractivity contribution in [3.05, 3.63) is 29.1 Å². The fraction of sp³-hybridized carbons (Fsp3) is 0.500. The molecule has 0 amide bonds. The number of anilines is 1. The summed E-state index contributed by atoms with van der Waals surface area (Å²) < 4.78 is 65.9. The minimum Gasteiger partial charge on any atom is -0.393 e. The molecule has 2 rings (SSSR count). The van der Waals surface area contributed by atoms with Crippen molar-refractivity contribution in [1.29, 1.82) is 0 Å². The zero-order chi connectivity index (χ0) is 14.3. The Kier molecular flexibility index (Phi) is 3.66. The average molecular weight is 281 g/mol. The number of aliphatic hydroxyl groups excluding tert-OH is 1. The summed E-state index contributed by atoms with van der Waals surface area (Å²) in [7, 11) is 1.25. The van der Waals surface area contributed by atoms with Crippen LogP contribution in [0.2, 0.25) is 0 Å². The van der Waals surface area contributed by atoms with Crippen molar-refractivity contribution in [3.63, 3.8) is 0 Å². The Balaban J connectivity index is 2.28. The van der Waals surface area contributed by atoms with Crippen LogP contribution in [0.4, 0.5) is 27.6 Å². The lowest BCUT2D eigenvalue weighted by molar-refractivity contribution is 0.0463. The molecule has 1 N–H and O–H groups in total. The van der Waals surface area contributed by atoms with Gasteiger partial charge >= 0.3 is 0 Å². The van der Waals surface area contributed by atoms with Gasteiger partial charge in [0.05, 0.1) is 6.10 Å². The van der Waals surface area contributed by atoms with E-state index in [9.17, 15) is 22.0 Å². The van der Waals surface area contributed by atoms with Gasteiger partial charge in [0.25, 0.3) is 0 Å². The van der Waals surface area contributed by atoms with Crippen LogP contribution in [-0.4, -0.2) is 24.8 Å². The monoisotopic (exact) mass is 281 g/mol. The Morgan fingerprint density at radius 3 is 1.79 bits per heavy atom. The quantitative estimate of drug-likeness (QED) is 0.523. The van der Waals surface area contributed by atoms with Gasteiger partial charge in [-0.15, -0.1) is 0 Å². The standard InChI is InChI=1S/C12H12F5NO/c1-18(4-5-2-6(19)3-5)12-10(16)8(14)7(13)9(15)11(12)17/h5-6,19H,2-4H2,1H3. The van der Waals surface area contributed by atoms with E-state index in [1.54, 1.807) is 0 Å². The largest absolute Gasteiger partial charge is 0.393 e. The normalized spacial score (nSPS) is 22.3. The molecule has 0 atom stereocenters. The number of benzene rings is 1. The number of hydrogen-bond donors (Lipinski definition) is 1. The van der Waals surface area contributed by atoms with Crippen molar-refractivity contribution in [2.45, 2.75) is 18.9 Å². The van der Waals surface area contributed by atoms with Crippen LogP contribution in [-0.2, 0) is 0 Å². The van der Waals surface area contributed by atoms with E-state index < -0.39 is 40.9 Å². The van der Waals surface area contributed by atoms with E-state index in [2.05, 4.69) is 0 Å². The van der Waals surface area contributed by atoms with Gasteiger partial charge in [-0.05, 0) is 18.8 Å². The highest BCUT2D eigenvalue weighted by atomic mass is 19.2. The zero-order valence-electron chi connectivity index (χ0n) is 10.1. The summed E-state index contributed by atoms with van der Waals surface area (Å²) in [6.07, 6.45) is 0.467. The predicted molar refractivity (Wildman–Crippen MR) is 58.2 cm³/mol. The third-order valence-corrected chi connectivity index (χ3v) is 3.31. The lowest BCUT2D eigenvalue weighted by Crippen LogP contribution is -2.38. The van der Waals surface area contributed by atoms with Crippen LogP contribution in [0.3, 0.4) is 0 Å². The Morgan fingerprint density at radius 1 is 0.947 bits per heavy atom. The summed E-state index contributed by atoms with van der Waals surface area (Å²) in [5, 5.41) is 9.10. The second kappa shape index (κ2) is 4.96. The Hall–Kier alpha value is -1.37. The highest BCUT2D eigenvalue weighted by Crippen LogP contribution is 2.33. The molecular formula is C12H12F5NO. The molecule has 0 aliphatic heterocycles. The second-order valence-corrected chi connectivity index (χ2v) is 4.79. The first-order valence-electron chi connectivity index (χ1n) is 5.73. The number of nitrogens with zero attached hydrogens (tertiary/aromatic N) is 1. The third kappa shape index (κ3) is 2.39. The second-order valence-electron chi connectivity index (χ2n) is 4.79. The molecule has 1 aliphatic rings. The van der Waals surface area contributed by atoms with Gasteiger partial charge in [0.1, 0.15) is 5.69 Å². The van der Waals surface area contributed by atoms with Crippen molar-refractivity contribution in [2.75, 3.05) is 18.5 Å². The minimum absolute atomic E-state index is 0.0185. The summed E-state index contributed by atoms with van der Waals surface area (Å²) in [6, 6.07) is 0. The summed E-state index contributed by atoms with van der Waals surface area (Å²) >= 11 is 0. The molecule has 1 aromatic rings. The van der Waals surface area contributed by atoms with Gasteiger partial charge in [0, 0.05) is 13.6 Å². The smallest absolute Gasteiger partial charge is 0.200 e. The fourth-order valence-corrected chi connectivity index (χ4v) is 2.26. The van der Waals surface area contributed by atoms with Crippen LogP contribution in [0.1, 0.15) is 12.8 Å². The van der Waals surface area contributed by atoms with Gasteiger partial charge in [-0.25, -0.2) is 22.0 Å². The van der Waals surface area contributed by atoms with Gasteiger partial charge in [-0.3, -0.25) is 0 Å². The van der Waals surface area contributed by atoms with Crippen molar-refractivity contribution >= 4 is 5.69 Å². The molecule has 0 aromatic heterocycles. The molecule has 1 aromatic carbocycles. The van der Waals surface area contributed by atoms with Crippen LogP contribution in [0, 0.1) is 35.0 Å². The van der Waals surface area contributed by atoms with Gasteiger partial charge in [0.2, 0.25) is 5.82 Å². The Morgan fingerprint density at radius 2 is 1.37 bits per heavy atom. The van der Waals surface area contributed by atoms with Crippen LogP contribution in [0.25, 0.3) is 0 Å². The SMILES string of the molecule is CN(CC1CC(O)C1)c1c(F)c(F)c(F)c(F)c1F. The predicted octanol–water partition coefficient (Wildman–Crippen LogP) is 2.59. The number of rotatable bonds is 3. The van der Waals surface area contributed by atoms with Crippen LogP contribution < -0.4 is 4.90 Å². The Labute approximate surface area is 106 Å². The number of halogens is 5. The van der Waals surface area contributed by atoms with E-state index in [-0.39, 0.29) is 12.5 Å². The van der Waals surface area contributed by atoms with Crippen molar-refractivity contribution in [2.24, 2.45) is 5.92 Å². The van der Waals surface area contributed by atoms with E-state index in [0.29, 0.717) is 12.8 Å². The van der Waals surface area contributed by atoms with Gasteiger partial charge in [-0.1, -0.05) is 0 Å². The summed E-state index contributed by atoms with van der Waals surface area (Å²) in [5.41, 5.74) is -0.933. The maximum Gasteiger partial charge on any atom is 0.200 e. The van der Waals surface area contributed by atoms with E-state index in [0.717, 1.165) is 4.90 Å².